The molecule has 0 spiro atoms. The lowest BCUT2D eigenvalue weighted by Gasteiger charge is -2.22. The molecule has 0 bridgehead atoms. The van der Waals surface area contributed by atoms with Crippen LogP contribution in [0.4, 0.5) is 17.5 Å². The number of anilines is 2. The lowest BCUT2D eigenvalue weighted by Crippen LogP contribution is -2.17. The van der Waals surface area contributed by atoms with E-state index in [0.29, 0.717) is 13.2 Å². The van der Waals surface area contributed by atoms with Crippen LogP contribution < -0.4 is 15.8 Å². The van der Waals surface area contributed by atoms with Gasteiger partial charge in [-0.1, -0.05) is 39.0 Å². The van der Waals surface area contributed by atoms with Crippen molar-refractivity contribution < 1.29 is 9.66 Å². The Morgan fingerprint density at radius 1 is 1.33 bits per heavy atom. The molecule has 8 nitrogen and oxygen atoms in total. The molecule has 0 aliphatic heterocycles. The Hall–Kier alpha value is -2.90. The van der Waals surface area contributed by atoms with Crippen molar-refractivity contribution in [2.75, 3.05) is 24.2 Å². The average Bonchev–Trinajstić information content (AvgIpc) is 2.50. The van der Waals surface area contributed by atoms with E-state index in [9.17, 15) is 10.1 Å². The second-order valence-corrected chi connectivity index (χ2v) is 6.24. The molecule has 0 radical (unpaired) electrons. The van der Waals surface area contributed by atoms with E-state index in [1.54, 1.807) is 0 Å². The zero-order valence-corrected chi connectivity index (χ0v) is 13.9. The maximum absolute atomic E-state index is 10.7. The van der Waals surface area contributed by atoms with Crippen molar-refractivity contribution in [3.05, 3.63) is 46.1 Å². The third kappa shape index (κ3) is 4.31. The van der Waals surface area contributed by atoms with Crippen LogP contribution in [0.25, 0.3) is 0 Å². The normalized spacial score (nSPS) is 11.1. The lowest BCUT2D eigenvalue weighted by molar-refractivity contribution is -0.384. The Kier molecular flexibility index (Phi) is 5.18. The van der Waals surface area contributed by atoms with Crippen LogP contribution in [0.3, 0.4) is 0 Å². The van der Waals surface area contributed by atoms with Gasteiger partial charge in [0, 0.05) is 0 Å². The smallest absolute Gasteiger partial charge is 0.329 e. The minimum atomic E-state index is -0.619. The molecule has 128 valence electrons. The summed E-state index contributed by atoms with van der Waals surface area (Å²) >= 11 is 0. The number of ether oxygens (including phenoxy) is 1. The van der Waals surface area contributed by atoms with E-state index in [0.717, 1.165) is 17.5 Å². The van der Waals surface area contributed by atoms with Crippen molar-refractivity contribution in [3.63, 3.8) is 0 Å². The molecule has 1 aromatic carbocycles. The lowest BCUT2D eigenvalue weighted by atomic mass is 9.86. The van der Waals surface area contributed by atoms with Gasteiger partial charge < -0.3 is 15.8 Å². The second kappa shape index (κ2) is 7.12. The van der Waals surface area contributed by atoms with Gasteiger partial charge >= 0.3 is 5.69 Å². The van der Waals surface area contributed by atoms with Crippen molar-refractivity contribution in [1.29, 1.82) is 0 Å². The molecule has 0 atom stereocenters. The zero-order valence-electron chi connectivity index (χ0n) is 13.9. The Bertz CT molecular complexity index is 728. The molecular formula is C16H21N5O3. The van der Waals surface area contributed by atoms with Gasteiger partial charge in [0.05, 0.1) is 11.5 Å². The molecule has 0 aliphatic carbocycles. The van der Waals surface area contributed by atoms with E-state index in [2.05, 4.69) is 36.1 Å². The number of benzene rings is 1. The number of aromatic nitrogens is 2. The van der Waals surface area contributed by atoms with Crippen LogP contribution in [0.1, 0.15) is 26.3 Å². The number of hydrogen-bond acceptors (Lipinski definition) is 7. The summed E-state index contributed by atoms with van der Waals surface area (Å²) in [6.45, 7) is 7.21. The Morgan fingerprint density at radius 2 is 2.04 bits per heavy atom. The van der Waals surface area contributed by atoms with E-state index in [-0.39, 0.29) is 22.9 Å². The standard InChI is InChI=1S/C16H21N5O3/c1-16(2,3)11-6-4-5-7-13(11)24-9-8-18-15-19-10-12(21(22)23)14(17)20-15/h4-7,10H,8-9H2,1-3H3,(H3,17,18,19,20). The minimum Gasteiger partial charge on any atom is -0.491 e. The predicted molar refractivity (Wildman–Crippen MR) is 92.2 cm³/mol. The summed E-state index contributed by atoms with van der Waals surface area (Å²) in [7, 11) is 0. The van der Waals surface area contributed by atoms with Gasteiger partial charge in [0.15, 0.2) is 0 Å². The number of nitrogens with zero attached hydrogens (tertiary/aromatic N) is 3. The van der Waals surface area contributed by atoms with Gasteiger partial charge in [0.2, 0.25) is 11.8 Å². The summed E-state index contributed by atoms with van der Waals surface area (Å²) < 4.78 is 5.82. The SMILES string of the molecule is CC(C)(C)c1ccccc1OCCNc1ncc([N+](=O)[O-])c(N)n1. The fraction of sp³-hybridized carbons (Fsp3) is 0.375. The Balaban J connectivity index is 1.92. The van der Waals surface area contributed by atoms with Crippen molar-refractivity contribution in [2.45, 2.75) is 26.2 Å². The topological polar surface area (TPSA) is 116 Å². The summed E-state index contributed by atoms with van der Waals surface area (Å²) in [4.78, 5) is 17.8. The average molecular weight is 331 g/mol. The first-order chi connectivity index (χ1) is 11.3. The van der Waals surface area contributed by atoms with Crippen molar-refractivity contribution >= 4 is 17.5 Å². The van der Waals surface area contributed by atoms with Crippen LogP contribution in [0, 0.1) is 10.1 Å². The maximum atomic E-state index is 10.7. The van der Waals surface area contributed by atoms with Crippen molar-refractivity contribution in [3.8, 4) is 5.75 Å². The number of nitrogens with one attached hydrogen (secondary N) is 1. The molecule has 8 heteroatoms. The molecule has 0 aliphatic rings. The molecular weight excluding hydrogens is 310 g/mol. The fourth-order valence-electron chi connectivity index (χ4n) is 2.15. The van der Waals surface area contributed by atoms with Crippen molar-refractivity contribution in [2.24, 2.45) is 0 Å². The van der Waals surface area contributed by atoms with Crippen LogP contribution in [0.2, 0.25) is 0 Å². The molecule has 2 rings (SSSR count). The monoisotopic (exact) mass is 331 g/mol. The Morgan fingerprint density at radius 3 is 2.67 bits per heavy atom. The molecule has 0 saturated heterocycles. The highest BCUT2D eigenvalue weighted by Crippen LogP contribution is 2.30. The predicted octanol–water partition coefficient (Wildman–Crippen LogP) is 2.76. The first-order valence-electron chi connectivity index (χ1n) is 7.52. The van der Waals surface area contributed by atoms with Gasteiger partial charge in [-0.05, 0) is 17.0 Å². The van der Waals surface area contributed by atoms with Crippen LogP contribution in [-0.2, 0) is 5.41 Å². The fourth-order valence-corrected chi connectivity index (χ4v) is 2.15. The molecule has 0 saturated carbocycles. The number of nitrogen functional groups attached to an aromatic ring is 1. The molecule has 1 heterocycles. The second-order valence-electron chi connectivity index (χ2n) is 6.24. The van der Waals surface area contributed by atoms with E-state index in [4.69, 9.17) is 10.5 Å². The number of para-hydroxylation sites is 1. The molecule has 3 N–H and O–H groups in total. The highest BCUT2D eigenvalue weighted by molar-refractivity contribution is 5.53. The van der Waals surface area contributed by atoms with Gasteiger partial charge in [-0.25, -0.2) is 4.98 Å². The summed E-state index contributed by atoms with van der Waals surface area (Å²) in [6.07, 6.45) is 1.08. The first kappa shape index (κ1) is 17.5. The van der Waals surface area contributed by atoms with Crippen molar-refractivity contribution in [1.82, 2.24) is 9.97 Å². The largest absolute Gasteiger partial charge is 0.491 e. The molecule has 1 aromatic heterocycles. The summed E-state index contributed by atoms with van der Waals surface area (Å²) in [5.41, 5.74) is 6.32. The third-order valence-corrected chi connectivity index (χ3v) is 3.33. The highest BCUT2D eigenvalue weighted by atomic mass is 16.6. The molecule has 24 heavy (non-hydrogen) atoms. The van der Waals surface area contributed by atoms with E-state index >= 15 is 0 Å². The van der Waals surface area contributed by atoms with Crippen LogP contribution >= 0.6 is 0 Å². The van der Waals surface area contributed by atoms with E-state index in [1.165, 1.54) is 0 Å². The summed E-state index contributed by atoms with van der Waals surface area (Å²) in [5, 5.41) is 13.6. The number of hydrogen-bond donors (Lipinski definition) is 2. The zero-order chi connectivity index (χ0) is 17.7. The minimum absolute atomic E-state index is 0.0139. The van der Waals surface area contributed by atoms with Gasteiger partial charge in [0.1, 0.15) is 18.6 Å². The molecule has 0 amide bonds. The van der Waals surface area contributed by atoms with Crippen LogP contribution in [0.5, 0.6) is 5.75 Å². The van der Waals surface area contributed by atoms with E-state index < -0.39 is 4.92 Å². The van der Waals surface area contributed by atoms with Gasteiger partial charge in [-0.15, -0.1) is 0 Å². The van der Waals surface area contributed by atoms with Crippen LogP contribution in [-0.4, -0.2) is 28.0 Å². The van der Waals surface area contributed by atoms with Crippen LogP contribution in [0.15, 0.2) is 30.5 Å². The highest BCUT2D eigenvalue weighted by Gasteiger charge is 2.18. The molecule has 0 unspecified atom stereocenters. The number of nitrogens with two attached hydrogens (primary N) is 1. The molecule has 2 aromatic rings. The number of rotatable bonds is 6. The maximum Gasteiger partial charge on any atom is 0.329 e. The quantitative estimate of drug-likeness (QED) is 0.475. The summed E-state index contributed by atoms with van der Waals surface area (Å²) in [6, 6.07) is 7.89. The van der Waals surface area contributed by atoms with Gasteiger partial charge in [-0.2, -0.15) is 4.98 Å². The van der Waals surface area contributed by atoms with Gasteiger partial charge in [-0.3, -0.25) is 10.1 Å². The number of nitro groups is 1. The molecule has 0 fully saturated rings. The Labute approximate surface area is 140 Å². The third-order valence-electron chi connectivity index (χ3n) is 3.33. The van der Waals surface area contributed by atoms with Gasteiger partial charge in [0.25, 0.3) is 0 Å². The summed E-state index contributed by atoms with van der Waals surface area (Å²) in [5.74, 6) is 0.887. The van der Waals surface area contributed by atoms with E-state index in [1.807, 2.05) is 24.3 Å². The first-order valence-corrected chi connectivity index (χ1v) is 7.52.